The van der Waals surface area contributed by atoms with Crippen LogP contribution in [0.15, 0.2) is 35.3 Å². The third-order valence-electron chi connectivity index (χ3n) is 7.87. The van der Waals surface area contributed by atoms with Crippen LogP contribution in [-0.2, 0) is 25.0 Å². The van der Waals surface area contributed by atoms with Crippen molar-refractivity contribution in [1.29, 1.82) is 0 Å². The average Bonchev–Trinajstić information content (AvgIpc) is 3.36. The van der Waals surface area contributed by atoms with E-state index in [2.05, 4.69) is 9.88 Å². The first kappa shape index (κ1) is 19.1. The minimum Gasteiger partial charge on any atom is -0.508 e. The third-order valence-corrected chi connectivity index (χ3v) is 7.87. The quantitative estimate of drug-likeness (QED) is 0.678. The molecule has 3 aromatic rings. The number of fused-ring (bicyclic) bond motifs is 3. The second kappa shape index (κ2) is 7.23. The molecule has 1 aromatic carbocycles. The second-order valence-electron chi connectivity index (χ2n) is 9.60. The highest BCUT2D eigenvalue weighted by Gasteiger charge is 2.47. The Kier molecular flexibility index (Phi) is 4.46. The van der Waals surface area contributed by atoms with Gasteiger partial charge in [-0.3, -0.25) is 14.7 Å². The molecule has 1 atom stereocenters. The maximum absolute atomic E-state index is 14.1. The van der Waals surface area contributed by atoms with Crippen LogP contribution in [0.4, 0.5) is 0 Å². The van der Waals surface area contributed by atoms with Crippen molar-refractivity contribution < 1.29 is 5.11 Å². The van der Waals surface area contributed by atoms with Gasteiger partial charge in [-0.05, 0) is 87.1 Å². The van der Waals surface area contributed by atoms with Crippen molar-refractivity contribution in [2.24, 2.45) is 5.92 Å². The Morgan fingerprint density at radius 1 is 1.13 bits per heavy atom. The van der Waals surface area contributed by atoms with Crippen LogP contribution in [0, 0.1) is 5.92 Å². The summed E-state index contributed by atoms with van der Waals surface area (Å²) < 4.78 is 4.11. The first-order valence-corrected chi connectivity index (χ1v) is 11.8. The Hall–Kier alpha value is -2.60. The number of nitrogens with zero attached hydrogens (tertiary/aromatic N) is 3. The molecule has 0 radical (unpaired) electrons. The van der Waals surface area contributed by atoms with E-state index in [0.29, 0.717) is 12.5 Å². The summed E-state index contributed by atoms with van der Waals surface area (Å²) in [6.45, 7) is 1.50. The lowest BCUT2D eigenvalue weighted by atomic mass is 9.74. The molecule has 2 aromatic heterocycles. The van der Waals surface area contributed by atoms with E-state index in [9.17, 15) is 9.90 Å². The van der Waals surface area contributed by atoms with Gasteiger partial charge in [-0.1, -0.05) is 18.6 Å². The summed E-state index contributed by atoms with van der Waals surface area (Å²) in [4.78, 5) is 14.1. The number of phenolic OH excluding ortho intramolecular Hbond substituents is 1. The molecule has 2 fully saturated rings. The van der Waals surface area contributed by atoms with Gasteiger partial charge in [0.1, 0.15) is 17.1 Å². The third kappa shape index (κ3) is 2.88. The summed E-state index contributed by atoms with van der Waals surface area (Å²) in [6.07, 6.45) is 11.8. The molecular formula is C25H30N4O2. The Morgan fingerprint density at radius 3 is 2.68 bits per heavy atom. The van der Waals surface area contributed by atoms with Gasteiger partial charge in [-0.25, -0.2) is 4.68 Å². The SMILES string of the molecule is O=c1c2c(c3cnn(Cc4cccc(O)c4)c3n1[C@@]1(C3CCC3)CCCN1)CCCC2. The van der Waals surface area contributed by atoms with Crippen molar-refractivity contribution in [2.75, 3.05) is 6.54 Å². The maximum Gasteiger partial charge on any atom is 0.257 e. The largest absolute Gasteiger partial charge is 0.508 e. The van der Waals surface area contributed by atoms with Gasteiger partial charge in [-0.2, -0.15) is 5.10 Å². The fourth-order valence-corrected chi connectivity index (χ4v) is 6.17. The zero-order valence-corrected chi connectivity index (χ0v) is 17.9. The van der Waals surface area contributed by atoms with Crippen molar-refractivity contribution in [1.82, 2.24) is 19.7 Å². The van der Waals surface area contributed by atoms with E-state index in [1.165, 1.54) is 24.8 Å². The molecule has 0 bridgehead atoms. The van der Waals surface area contributed by atoms with E-state index in [1.807, 2.05) is 23.0 Å². The summed E-state index contributed by atoms with van der Waals surface area (Å²) in [5, 5.41) is 19.7. The molecule has 1 saturated carbocycles. The van der Waals surface area contributed by atoms with Crippen LogP contribution in [0.5, 0.6) is 5.75 Å². The van der Waals surface area contributed by atoms with Crippen molar-refractivity contribution in [3.8, 4) is 5.75 Å². The summed E-state index contributed by atoms with van der Waals surface area (Å²) in [5.41, 5.74) is 4.07. The van der Waals surface area contributed by atoms with Crippen molar-refractivity contribution in [3.63, 3.8) is 0 Å². The molecule has 6 heteroatoms. The van der Waals surface area contributed by atoms with E-state index in [-0.39, 0.29) is 17.0 Å². The van der Waals surface area contributed by atoms with Gasteiger partial charge in [-0.15, -0.1) is 0 Å². The molecule has 3 heterocycles. The number of nitrogens with one attached hydrogen (secondary N) is 1. The summed E-state index contributed by atoms with van der Waals surface area (Å²) in [6, 6.07) is 7.33. The fraction of sp³-hybridized carbons (Fsp3) is 0.520. The molecule has 0 unspecified atom stereocenters. The molecule has 2 N–H and O–H groups in total. The highest BCUT2D eigenvalue weighted by atomic mass is 16.3. The van der Waals surface area contributed by atoms with E-state index in [0.717, 1.165) is 67.2 Å². The molecule has 6 rings (SSSR count). The van der Waals surface area contributed by atoms with Crippen molar-refractivity contribution in [2.45, 2.75) is 70.0 Å². The summed E-state index contributed by atoms with van der Waals surface area (Å²) in [7, 11) is 0. The number of phenols is 1. The molecule has 3 aliphatic rings. The van der Waals surface area contributed by atoms with Gasteiger partial charge in [0.15, 0.2) is 0 Å². The van der Waals surface area contributed by atoms with Gasteiger partial charge in [0.2, 0.25) is 0 Å². The van der Waals surface area contributed by atoms with Crippen LogP contribution in [0.1, 0.15) is 61.6 Å². The maximum atomic E-state index is 14.1. The molecule has 1 saturated heterocycles. The van der Waals surface area contributed by atoms with Crippen molar-refractivity contribution in [3.05, 3.63) is 57.5 Å². The molecule has 1 aliphatic heterocycles. The van der Waals surface area contributed by atoms with Gasteiger partial charge in [0, 0.05) is 10.9 Å². The summed E-state index contributed by atoms with van der Waals surface area (Å²) in [5.74, 6) is 0.758. The predicted octanol–water partition coefficient (Wildman–Crippen LogP) is 3.67. The Balaban J connectivity index is 1.61. The Morgan fingerprint density at radius 2 is 1.97 bits per heavy atom. The second-order valence-corrected chi connectivity index (χ2v) is 9.60. The van der Waals surface area contributed by atoms with Crippen LogP contribution in [-0.4, -0.2) is 26.0 Å². The van der Waals surface area contributed by atoms with Crippen LogP contribution < -0.4 is 10.9 Å². The number of aromatic hydroxyl groups is 1. The topological polar surface area (TPSA) is 72.1 Å². The van der Waals surface area contributed by atoms with E-state index >= 15 is 0 Å². The summed E-state index contributed by atoms with van der Waals surface area (Å²) >= 11 is 0. The number of aromatic nitrogens is 3. The van der Waals surface area contributed by atoms with E-state index < -0.39 is 0 Å². The highest BCUT2D eigenvalue weighted by Crippen LogP contribution is 2.45. The number of aryl methyl sites for hydroxylation is 1. The zero-order chi connectivity index (χ0) is 21.0. The normalized spacial score (nSPS) is 23.7. The lowest BCUT2D eigenvalue weighted by molar-refractivity contribution is 0.0744. The number of pyridine rings is 1. The minimum atomic E-state index is -0.295. The first-order valence-electron chi connectivity index (χ1n) is 11.8. The molecule has 6 nitrogen and oxygen atoms in total. The van der Waals surface area contributed by atoms with Crippen molar-refractivity contribution >= 4 is 11.0 Å². The number of rotatable bonds is 4. The molecule has 0 spiro atoms. The van der Waals surface area contributed by atoms with Crippen LogP contribution in [0.2, 0.25) is 0 Å². The number of hydrogen-bond acceptors (Lipinski definition) is 4. The lowest BCUT2D eigenvalue weighted by Gasteiger charge is -2.45. The van der Waals surface area contributed by atoms with Crippen LogP contribution >= 0.6 is 0 Å². The monoisotopic (exact) mass is 418 g/mol. The fourth-order valence-electron chi connectivity index (χ4n) is 6.17. The van der Waals surface area contributed by atoms with Gasteiger partial charge in [0.05, 0.1) is 12.7 Å². The van der Waals surface area contributed by atoms with E-state index in [4.69, 9.17) is 5.10 Å². The number of benzene rings is 1. The number of hydrogen-bond donors (Lipinski definition) is 2. The Labute approximate surface area is 181 Å². The first-order chi connectivity index (χ1) is 15.2. The Bertz CT molecular complexity index is 1200. The molecule has 162 valence electrons. The zero-order valence-electron chi connectivity index (χ0n) is 17.9. The van der Waals surface area contributed by atoms with Crippen LogP contribution in [0.3, 0.4) is 0 Å². The van der Waals surface area contributed by atoms with E-state index in [1.54, 1.807) is 12.1 Å². The molecule has 2 aliphatic carbocycles. The minimum absolute atomic E-state index is 0.196. The molecule has 31 heavy (non-hydrogen) atoms. The van der Waals surface area contributed by atoms with Gasteiger partial charge >= 0.3 is 0 Å². The molecular weight excluding hydrogens is 388 g/mol. The lowest BCUT2D eigenvalue weighted by Crippen LogP contribution is -2.56. The smallest absolute Gasteiger partial charge is 0.257 e. The highest BCUT2D eigenvalue weighted by molar-refractivity contribution is 5.81. The average molecular weight is 419 g/mol. The van der Waals surface area contributed by atoms with Gasteiger partial charge in [0.25, 0.3) is 5.56 Å². The van der Waals surface area contributed by atoms with Crippen LogP contribution in [0.25, 0.3) is 11.0 Å². The molecule has 0 amide bonds. The van der Waals surface area contributed by atoms with Gasteiger partial charge < -0.3 is 5.11 Å². The predicted molar refractivity (Wildman–Crippen MR) is 120 cm³/mol. The standard InChI is InChI=1S/C25H30N4O2/c30-19-9-3-6-17(14-19)16-28-23-22(15-27-28)20-10-1-2-11-21(20)24(31)29(23)25(12-5-13-26-25)18-7-4-8-18/h3,6,9,14-15,18,26,30H,1-2,4-5,7-8,10-13,16H2/t25-/m1/s1.